The summed E-state index contributed by atoms with van der Waals surface area (Å²) in [6.45, 7) is 15.1. The lowest BCUT2D eigenvalue weighted by molar-refractivity contribution is -0.130. The average Bonchev–Trinajstić information content (AvgIpc) is 2.88. The second-order valence-electron chi connectivity index (χ2n) is 8.71. The van der Waals surface area contributed by atoms with Crippen LogP contribution in [0, 0.1) is 19.3 Å². The van der Waals surface area contributed by atoms with Crippen LogP contribution in [0.1, 0.15) is 56.1 Å². The number of nitrogens with one attached hydrogen (secondary N) is 1. The Morgan fingerprint density at radius 2 is 1.69 bits per heavy atom. The first kappa shape index (κ1) is 17.2. The fraction of sp³-hybridized carbons (Fsp3) is 0.500. The molecule has 2 atom stereocenters. The van der Waals surface area contributed by atoms with E-state index in [0.29, 0.717) is 6.54 Å². The van der Waals surface area contributed by atoms with E-state index in [9.17, 15) is 4.79 Å². The van der Waals surface area contributed by atoms with Crippen molar-refractivity contribution >= 4 is 16.9 Å². The summed E-state index contributed by atoms with van der Waals surface area (Å²) in [6, 6.07) is 4.21. The van der Waals surface area contributed by atoms with Crippen LogP contribution in [0.25, 0.3) is 11.0 Å². The van der Waals surface area contributed by atoms with Gasteiger partial charge in [0, 0.05) is 12.0 Å². The normalized spacial score (nSPS) is 28.2. The van der Waals surface area contributed by atoms with Crippen LogP contribution in [0.4, 0.5) is 0 Å². The van der Waals surface area contributed by atoms with Crippen LogP contribution >= 0.6 is 0 Å². The summed E-state index contributed by atoms with van der Waals surface area (Å²) in [6.07, 6.45) is 3.50. The van der Waals surface area contributed by atoms with E-state index in [2.05, 4.69) is 58.6 Å². The predicted molar refractivity (Wildman–Crippen MR) is 104 cm³/mol. The van der Waals surface area contributed by atoms with Crippen LogP contribution in [-0.4, -0.2) is 22.4 Å². The van der Waals surface area contributed by atoms with Crippen LogP contribution in [0.5, 0.6) is 0 Å². The van der Waals surface area contributed by atoms with Crippen molar-refractivity contribution in [3.63, 3.8) is 0 Å². The average molecular weight is 349 g/mol. The van der Waals surface area contributed by atoms with E-state index < -0.39 is 5.41 Å². The number of fused-ring (bicyclic) bond motifs is 6. The van der Waals surface area contributed by atoms with E-state index in [1.54, 1.807) is 6.08 Å². The first-order valence-corrected chi connectivity index (χ1v) is 9.38. The van der Waals surface area contributed by atoms with E-state index in [4.69, 9.17) is 9.97 Å². The first-order chi connectivity index (χ1) is 12.2. The molecule has 1 aromatic heterocycles. The number of benzene rings is 1. The quantitative estimate of drug-likeness (QED) is 0.856. The molecule has 2 aromatic rings. The molecule has 2 aliphatic rings. The van der Waals surface area contributed by atoms with E-state index in [-0.39, 0.29) is 16.7 Å². The van der Waals surface area contributed by atoms with Crippen molar-refractivity contribution in [1.29, 1.82) is 0 Å². The standard InChI is InChI=1S/C22H27N3O/c1-7-10-23-19(26)22-9-8-21(6,20(22,4)5)17-18(22)25-16-12-14(3)13(2)11-15(16)24-17/h7,11-12H,1,8-10H2,2-6H3,(H,23,26). The number of aryl methyl sites for hydroxylation is 2. The van der Waals surface area contributed by atoms with Gasteiger partial charge < -0.3 is 5.32 Å². The maximum Gasteiger partial charge on any atom is 0.233 e. The second-order valence-corrected chi connectivity index (χ2v) is 8.71. The van der Waals surface area contributed by atoms with Crippen molar-refractivity contribution in [2.45, 2.75) is 58.3 Å². The highest BCUT2D eigenvalue weighted by Gasteiger charge is 2.73. The number of carbonyl (C=O) groups is 1. The molecule has 4 rings (SSSR count). The molecule has 1 saturated carbocycles. The SMILES string of the molecule is C=CCNC(=O)C12CCC(C)(c3nc4cc(C)c(C)cc4nc31)C2(C)C. The van der Waals surface area contributed by atoms with E-state index in [1.807, 2.05) is 0 Å². The molecule has 1 fully saturated rings. The Labute approximate surface area is 155 Å². The minimum absolute atomic E-state index is 0.0577. The number of nitrogens with zero attached hydrogens (tertiary/aromatic N) is 2. The molecule has 4 heteroatoms. The molecule has 26 heavy (non-hydrogen) atoms. The Balaban J connectivity index is 2.01. The van der Waals surface area contributed by atoms with Gasteiger partial charge in [-0.3, -0.25) is 4.79 Å². The monoisotopic (exact) mass is 349 g/mol. The van der Waals surface area contributed by atoms with Gasteiger partial charge in [-0.15, -0.1) is 6.58 Å². The fourth-order valence-electron chi connectivity index (χ4n) is 5.18. The molecule has 1 aromatic carbocycles. The third kappa shape index (κ3) is 1.77. The molecule has 1 heterocycles. The largest absolute Gasteiger partial charge is 0.352 e. The summed E-state index contributed by atoms with van der Waals surface area (Å²) in [5.74, 6) is 0.0577. The summed E-state index contributed by atoms with van der Waals surface area (Å²) in [5, 5.41) is 3.05. The molecule has 1 N–H and O–H groups in total. The van der Waals surface area contributed by atoms with Crippen LogP contribution < -0.4 is 5.32 Å². The maximum atomic E-state index is 13.3. The Morgan fingerprint density at radius 3 is 2.27 bits per heavy atom. The van der Waals surface area contributed by atoms with E-state index >= 15 is 0 Å². The number of hydrogen-bond donors (Lipinski definition) is 1. The van der Waals surface area contributed by atoms with Gasteiger partial charge in [-0.1, -0.05) is 26.8 Å². The molecule has 1 amide bonds. The Kier molecular flexibility index (Phi) is 3.41. The Hall–Kier alpha value is -2.23. The molecule has 136 valence electrons. The van der Waals surface area contributed by atoms with Crippen molar-refractivity contribution in [3.05, 3.63) is 47.3 Å². The Bertz CT molecular complexity index is 962. The lowest BCUT2D eigenvalue weighted by Crippen LogP contribution is -2.51. The summed E-state index contributed by atoms with van der Waals surface area (Å²) in [4.78, 5) is 23.4. The third-order valence-electron chi connectivity index (χ3n) is 7.45. The minimum atomic E-state index is -0.625. The first-order valence-electron chi connectivity index (χ1n) is 9.38. The molecule has 0 saturated heterocycles. The van der Waals surface area contributed by atoms with Gasteiger partial charge in [-0.05, 0) is 55.4 Å². The van der Waals surface area contributed by atoms with Gasteiger partial charge in [-0.25, -0.2) is 9.97 Å². The van der Waals surface area contributed by atoms with Crippen LogP contribution in [0.3, 0.4) is 0 Å². The van der Waals surface area contributed by atoms with Crippen molar-refractivity contribution in [2.24, 2.45) is 5.41 Å². The van der Waals surface area contributed by atoms with E-state index in [1.165, 1.54) is 11.1 Å². The van der Waals surface area contributed by atoms with Crippen LogP contribution in [-0.2, 0) is 15.6 Å². The molecule has 0 aliphatic heterocycles. The zero-order valence-corrected chi connectivity index (χ0v) is 16.4. The van der Waals surface area contributed by atoms with Gasteiger partial charge in [0.15, 0.2) is 0 Å². The fourth-order valence-corrected chi connectivity index (χ4v) is 5.18. The van der Waals surface area contributed by atoms with Gasteiger partial charge >= 0.3 is 0 Å². The van der Waals surface area contributed by atoms with Crippen molar-refractivity contribution in [1.82, 2.24) is 15.3 Å². The zero-order valence-electron chi connectivity index (χ0n) is 16.4. The number of aromatic nitrogens is 2. The van der Waals surface area contributed by atoms with E-state index in [0.717, 1.165) is 35.3 Å². The highest BCUT2D eigenvalue weighted by molar-refractivity contribution is 5.93. The number of hydrogen-bond acceptors (Lipinski definition) is 3. The second kappa shape index (κ2) is 5.15. The molecule has 0 radical (unpaired) electrons. The minimum Gasteiger partial charge on any atom is -0.352 e. The zero-order chi connectivity index (χ0) is 18.9. The lowest BCUT2D eigenvalue weighted by Gasteiger charge is -2.39. The van der Waals surface area contributed by atoms with Crippen molar-refractivity contribution in [2.75, 3.05) is 6.54 Å². The summed E-state index contributed by atoms with van der Waals surface area (Å²) >= 11 is 0. The number of rotatable bonds is 3. The smallest absolute Gasteiger partial charge is 0.233 e. The molecular weight excluding hydrogens is 322 g/mol. The number of carbonyl (C=O) groups excluding carboxylic acids is 1. The van der Waals surface area contributed by atoms with Gasteiger partial charge in [0.25, 0.3) is 0 Å². The molecule has 4 nitrogen and oxygen atoms in total. The molecule has 0 spiro atoms. The Morgan fingerprint density at radius 1 is 1.12 bits per heavy atom. The summed E-state index contributed by atoms with van der Waals surface area (Å²) < 4.78 is 0. The third-order valence-corrected chi connectivity index (χ3v) is 7.45. The van der Waals surface area contributed by atoms with Gasteiger partial charge in [0.05, 0.1) is 27.8 Å². The molecule has 2 unspecified atom stereocenters. The molecule has 2 aliphatic carbocycles. The highest BCUT2D eigenvalue weighted by atomic mass is 16.2. The van der Waals surface area contributed by atoms with Gasteiger partial charge in [0.1, 0.15) is 0 Å². The topological polar surface area (TPSA) is 54.9 Å². The molecule has 2 bridgehead atoms. The van der Waals surface area contributed by atoms with Crippen LogP contribution in [0.2, 0.25) is 0 Å². The maximum absolute atomic E-state index is 13.3. The molecular formula is C22H27N3O. The highest BCUT2D eigenvalue weighted by Crippen LogP contribution is 2.70. The van der Waals surface area contributed by atoms with Gasteiger partial charge in [0.2, 0.25) is 5.91 Å². The lowest BCUT2D eigenvalue weighted by atomic mass is 9.63. The summed E-state index contributed by atoms with van der Waals surface area (Å²) in [5.41, 5.74) is 5.12. The predicted octanol–water partition coefficient (Wildman–Crippen LogP) is 3.88. The van der Waals surface area contributed by atoms with Crippen molar-refractivity contribution < 1.29 is 4.79 Å². The number of amides is 1. The van der Waals surface area contributed by atoms with Crippen LogP contribution in [0.15, 0.2) is 24.8 Å². The van der Waals surface area contributed by atoms with Crippen molar-refractivity contribution in [3.8, 4) is 0 Å². The van der Waals surface area contributed by atoms with Gasteiger partial charge in [-0.2, -0.15) is 0 Å². The summed E-state index contributed by atoms with van der Waals surface area (Å²) in [7, 11) is 0.